The third-order valence-corrected chi connectivity index (χ3v) is 2.13. The second-order valence-electron chi connectivity index (χ2n) is 3.40. The summed E-state index contributed by atoms with van der Waals surface area (Å²) in [6.07, 6.45) is -6.10. The van der Waals surface area contributed by atoms with Gasteiger partial charge in [-0.3, -0.25) is 0 Å². The van der Waals surface area contributed by atoms with E-state index >= 15 is 0 Å². The zero-order chi connectivity index (χ0) is 13.2. The predicted octanol–water partition coefficient (Wildman–Crippen LogP) is 3.35. The molecule has 0 fully saturated rings. The standard InChI is InChI=1S/C10H10F5NO.ClH/c1-17-7-3-2-5(11)8(9(7)12)6(16)4-10(13,14)15;/h2-3,6H,4,16H2,1H3;1H/t6-;/m1./s1. The fourth-order valence-electron chi connectivity index (χ4n) is 1.40. The fraction of sp³-hybridized carbons (Fsp3) is 0.400. The number of methoxy groups -OCH3 is 1. The van der Waals surface area contributed by atoms with E-state index in [1.165, 1.54) is 0 Å². The average Bonchev–Trinajstić information content (AvgIpc) is 2.15. The summed E-state index contributed by atoms with van der Waals surface area (Å²) in [6.45, 7) is 0. The van der Waals surface area contributed by atoms with E-state index < -0.39 is 35.8 Å². The summed E-state index contributed by atoms with van der Waals surface area (Å²) in [5, 5.41) is 0. The highest BCUT2D eigenvalue weighted by molar-refractivity contribution is 5.85. The van der Waals surface area contributed by atoms with Gasteiger partial charge >= 0.3 is 6.18 Å². The zero-order valence-corrected chi connectivity index (χ0v) is 10.0. The van der Waals surface area contributed by atoms with Crippen molar-refractivity contribution in [3.05, 3.63) is 29.3 Å². The summed E-state index contributed by atoms with van der Waals surface area (Å²) in [5.74, 6) is -2.68. The van der Waals surface area contributed by atoms with Gasteiger partial charge in [-0.05, 0) is 12.1 Å². The smallest absolute Gasteiger partial charge is 0.390 e. The molecule has 18 heavy (non-hydrogen) atoms. The molecule has 0 saturated heterocycles. The summed E-state index contributed by atoms with van der Waals surface area (Å²) in [4.78, 5) is 0. The maximum atomic E-state index is 13.5. The molecule has 0 aliphatic rings. The Morgan fingerprint density at radius 3 is 2.28 bits per heavy atom. The third-order valence-electron chi connectivity index (χ3n) is 2.13. The van der Waals surface area contributed by atoms with Crippen molar-refractivity contribution in [2.75, 3.05) is 7.11 Å². The minimum absolute atomic E-state index is 0. The first-order valence-corrected chi connectivity index (χ1v) is 4.60. The predicted molar refractivity (Wildman–Crippen MR) is 57.8 cm³/mol. The molecule has 0 saturated carbocycles. The van der Waals surface area contributed by atoms with Crippen molar-refractivity contribution in [2.45, 2.75) is 18.6 Å². The van der Waals surface area contributed by atoms with E-state index in [1.807, 2.05) is 0 Å². The first-order valence-electron chi connectivity index (χ1n) is 4.60. The minimum atomic E-state index is -4.60. The van der Waals surface area contributed by atoms with E-state index in [0.29, 0.717) is 0 Å². The van der Waals surface area contributed by atoms with Crippen LogP contribution in [0.1, 0.15) is 18.0 Å². The lowest BCUT2D eigenvalue weighted by Gasteiger charge is -2.17. The molecule has 1 aromatic carbocycles. The van der Waals surface area contributed by atoms with Gasteiger partial charge in [0.15, 0.2) is 11.6 Å². The van der Waals surface area contributed by atoms with Crippen molar-refractivity contribution in [1.82, 2.24) is 0 Å². The number of rotatable bonds is 3. The Bertz CT molecular complexity index is 410. The average molecular weight is 292 g/mol. The number of benzene rings is 1. The molecule has 1 rings (SSSR count). The Morgan fingerprint density at radius 1 is 1.28 bits per heavy atom. The molecule has 0 unspecified atom stereocenters. The molecule has 2 N–H and O–H groups in total. The van der Waals surface area contributed by atoms with Crippen LogP contribution in [0.25, 0.3) is 0 Å². The molecule has 0 aliphatic heterocycles. The van der Waals surface area contributed by atoms with Crippen molar-refractivity contribution >= 4 is 12.4 Å². The van der Waals surface area contributed by atoms with Gasteiger partial charge in [-0.1, -0.05) is 0 Å². The molecule has 0 bridgehead atoms. The van der Waals surface area contributed by atoms with E-state index in [4.69, 9.17) is 5.73 Å². The molecular formula is C10H11ClF5NO. The van der Waals surface area contributed by atoms with Gasteiger partial charge in [0.1, 0.15) is 5.82 Å². The third kappa shape index (κ3) is 3.99. The quantitative estimate of drug-likeness (QED) is 0.867. The maximum absolute atomic E-state index is 13.5. The second-order valence-corrected chi connectivity index (χ2v) is 3.40. The van der Waals surface area contributed by atoms with Gasteiger partial charge in [0.25, 0.3) is 0 Å². The van der Waals surface area contributed by atoms with Crippen LogP contribution in [0.5, 0.6) is 5.75 Å². The lowest BCUT2D eigenvalue weighted by molar-refractivity contribution is -0.138. The fourth-order valence-corrected chi connectivity index (χ4v) is 1.40. The first kappa shape index (κ1) is 16.9. The Kier molecular flexibility index (Phi) is 5.82. The van der Waals surface area contributed by atoms with E-state index in [2.05, 4.69) is 4.74 Å². The van der Waals surface area contributed by atoms with Gasteiger partial charge in [-0.25, -0.2) is 8.78 Å². The molecule has 104 valence electrons. The summed E-state index contributed by atoms with van der Waals surface area (Å²) < 4.78 is 67.6. The van der Waals surface area contributed by atoms with E-state index in [9.17, 15) is 22.0 Å². The Hall–Kier alpha value is -1.08. The van der Waals surface area contributed by atoms with E-state index in [1.54, 1.807) is 0 Å². The summed E-state index contributed by atoms with van der Waals surface area (Å²) in [7, 11) is 1.12. The van der Waals surface area contributed by atoms with Crippen LogP contribution in [0.2, 0.25) is 0 Å². The zero-order valence-electron chi connectivity index (χ0n) is 9.22. The molecule has 0 spiro atoms. The highest BCUT2D eigenvalue weighted by Crippen LogP contribution is 2.33. The number of hydrogen-bond acceptors (Lipinski definition) is 2. The second kappa shape index (κ2) is 6.19. The Morgan fingerprint density at radius 2 is 1.83 bits per heavy atom. The van der Waals surface area contributed by atoms with Crippen LogP contribution in [0.15, 0.2) is 12.1 Å². The van der Waals surface area contributed by atoms with Crippen molar-refractivity contribution in [3.8, 4) is 5.75 Å². The van der Waals surface area contributed by atoms with Crippen molar-refractivity contribution < 1.29 is 26.7 Å². The van der Waals surface area contributed by atoms with Crippen LogP contribution in [0.3, 0.4) is 0 Å². The monoisotopic (exact) mass is 291 g/mol. The highest BCUT2D eigenvalue weighted by atomic mass is 35.5. The van der Waals surface area contributed by atoms with Crippen LogP contribution in [0, 0.1) is 11.6 Å². The maximum Gasteiger partial charge on any atom is 0.390 e. The van der Waals surface area contributed by atoms with Crippen LogP contribution in [0.4, 0.5) is 22.0 Å². The number of hydrogen-bond donors (Lipinski definition) is 1. The SMILES string of the molecule is COc1ccc(F)c([C@H](N)CC(F)(F)F)c1F.Cl. The van der Waals surface area contributed by atoms with Gasteiger partial charge in [0.05, 0.1) is 13.5 Å². The van der Waals surface area contributed by atoms with Gasteiger partial charge in [-0.15, -0.1) is 12.4 Å². The van der Waals surface area contributed by atoms with Crippen molar-refractivity contribution in [2.24, 2.45) is 5.73 Å². The summed E-state index contributed by atoms with van der Waals surface area (Å²) >= 11 is 0. The van der Waals surface area contributed by atoms with Gasteiger partial charge in [-0.2, -0.15) is 13.2 Å². The van der Waals surface area contributed by atoms with Gasteiger partial charge in [0, 0.05) is 11.6 Å². The molecular weight excluding hydrogens is 281 g/mol. The van der Waals surface area contributed by atoms with Crippen molar-refractivity contribution in [1.29, 1.82) is 0 Å². The van der Waals surface area contributed by atoms with Crippen LogP contribution in [-0.2, 0) is 0 Å². The number of nitrogens with two attached hydrogens (primary N) is 1. The largest absolute Gasteiger partial charge is 0.494 e. The molecule has 0 aliphatic carbocycles. The van der Waals surface area contributed by atoms with E-state index in [-0.39, 0.29) is 18.2 Å². The van der Waals surface area contributed by atoms with Crippen LogP contribution in [-0.4, -0.2) is 13.3 Å². The minimum Gasteiger partial charge on any atom is -0.494 e. The highest BCUT2D eigenvalue weighted by Gasteiger charge is 2.33. The topological polar surface area (TPSA) is 35.2 Å². The number of halogens is 6. The molecule has 0 radical (unpaired) electrons. The number of ether oxygens (including phenoxy) is 1. The Labute approximate surface area is 106 Å². The summed E-state index contributed by atoms with van der Waals surface area (Å²) in [6, 6.07) is -0.00723. The first-order chi connectivity index (χ1) is 7.76. The van der Waals surface area contributed by atoms with Crippen LogP contribution >= 0.6 is 12.4 Å². The molecule has 0 amide bonds. The van der Waals surface area contributed by atoms with Crippen LogP contribution < -0.4 is 10.5 Å². The van der Waals surface area contributed by atoms with Gasteiger partial charge in [0.2, 0.25) is 0 Å². The molecule has 0 heterocycles. The molecule has 8 heteroatoms. The molecule has 2 nitrogen and oxygen atoms in total. The summed E-state index contributed by atoms with van der Waals surface area (Å²) in [5.41, 5.74) is 4.33. The molecule has 0 aromatic heterocycles. The van der Waals surface area contributed by atoms with E-state index in [0.717, 1.165) is 19.2 Å². The lowest BCUT2D eigenvalue weighted by atomic mass is 10.0. The normalized spacial score (nSPS) is 12.8. The molecule has 1 atom stereocenters. The molecule has 1 aromatic rings. The van der Waals surface area contributed by atoms with Crippen molar-refractivity contribution in [3.63, 3.8) is 0 Å². The number of alkyl halides is 3. The lowest BCUT2D eigenvalue weighted by Crippen LogP contribution is -2.22. The Balaban J connectivity index is 0.00000289. The van der Waals surface area contributed by atoms with Gasteiger partial charge < -0.3 is 10.5 Å².